The average Bonchev–Trinajstić information content (AvgIpc) is 2.19. The van der Waals surface area contributed by atoms with E-state index in [0.29, 0.717) is 11.5 Å². The lowest BCUT2D eigenvalue weighted by Crippen LogP contribution is -2.07. The topological polar surface area (TPSA) is 47.6 Å². The van der Waals surface area contributed by atoms with E-state index in [-0.39, 0.29) is 5.91 Å². The Morgan fingerprint density at radius 1 is 1.20 bits per heavy atom. The van der Waals surface area contributed by atoms with E-state index in [0.717, 1.165) is 11.3 Å². The molecular weight excluding hydrogens is 194 g/mol. The number of hydrogen-bond donors (Lipinski definition) is 1. The zero-order valence-electron chi connectivity index (χ0n) is 9.38. The van der Waals surface area contributed by atoms with Crippen LogP contribution in [0.2, 0.25) is 0 Å². The molecule has 15 heavy (non-hydrogen) atoms. The molecule has 0 spiro atoms. The minimum Gasteiger partial charge on any atom is -0.493 e. The quantitative estimate of drug-likeness (QED) is 0.827. The van der Waals surface area contributed by atoms with Crippen LogP contribution in [-0.2, 0) is 4.79 Å². The SMILES string of the molecule is COc1cc(C)c(NC(C)=O)cc1OC. The molecule has 0 aliphatic heterocycles. The summed E-state index contributed by atoms with van der Waals surface area (Å²) < 4.78 is 10.3. The fourth-order valence-electron chi connectivity index (χ4n) is 1.30. The number of benzene rings is 1. The van der Waals surface area contributed by atoms with E-state index in [1.807, 2.05) is 13.0 Å². The highest BCUT2D eigenvalue weighted by Crippen LogP contribution is 2.32. The number of amides is 1. The summed E-state index contributed by atoms with van der Waals surface area (Å²) in [6.07, 6.45) is 0. The molecule has 1 N–H and O–H groups in total. The lowest BCUT2D eigenvalue weighted by molar-refractivity contribution is -0.114. The summed E-state index contributed by atoms with van der Waals surface area (Å²) in [6.45, 7) is 3.36. The molecule has 0 unspecified atom stereocenters. The van der Waals surface area contributed by atoms with Crippen molar-refractivity contribution in [3.05, 3.63) is 17.7 Å². The van der Waals surface area contributed by atoms with E-state index >= 15 is 0 Å². The molecule has 1 aromatic rings. The molecule has 1 aromatic carbocycles. The molecular formula is C11H15NO3. The van der Waals surface area contributed by atoms with Gasteiger partial charge in [0.1, 0.15) is 0 Å². The maximum atomic E-state index is 10.9. The van der Waals surface area contributed by atoms with Gasteiger partial charge in [-0.15, -0.1) is 0 Å². The number of anilines is 1. The zero-order valence-corrected chi connectivity index (χ0v) is 9.38. The molecule has 0 radical (unpaired) electrons. The number of rotatable bonds is 3. The first kappa shape index (κ1) is 11.4. The van der Waals surface area contributed by atoms with Crippen molar-refractivity contribution >= 4 is 11.6 Å². The molecule has 4 nitrogen and oxygen atoms in total. The van der Waals surface area contributed by atoms with Crippen LogP contribution in [0.1, 0.15) is 12.5 Å². The van der Waals surface area contributed by atoms with Gasteiger partial charge in [-0.2, -0.15) is 0 Å². The third-order valence-corrected chi connectivity index (χ3v) is 2.04. The van der Waals surface area contributed by atoms with Crippen LogP contribution in [0.4, 0.5) is 5.69 Å². The summed E-state index contributed by atoms with van der Waals surface area (Å²) in [7, 11) is 3.14. The Kier molecular flexibility index (Phi) is 3.55. The van der Waals surface area contributed by atoms with Gasteiger partial charge in [0.2, 0.25) is 5.91 Å². The second-order valence-corrected chi connectivity index (χ2v) is 3.20. The highest BCUT2D eigenvalue weighted by atomic mass is 16.5. The van der Waals surface area contributed by atoms with Gasteiger partial charge in [-0.3, -0.25) is 4.79 Å². The van der Waals surface area contributed by atoms with Gasteiger partial charge in [0.25, 0.3) is 0 Å². The third kappa shape index (κ3) is 2.62. The van der Waals surface area contributed by atoms with Crippen molar-refractivity contribution in [2.45, 2.75) is 13.8 Å². The first-order valence-corrected chi connectivity index (χ1v) is 4.58. The highest BCUT2D eigenvalue weighted by Gasteiger charge is 2.08. The van der Waals surface area contributed by atoms with Crippen LogP contribution in [0, 0.1) is 6.92 Å². The van der Waals surface area contributed by atoms with Crippen molar-refractivity contribution in [3.8, 4) is 11.5 Å². The van der Waals surface area contributed by atoms with Crippen molar-refractivity contribution in [3.63, 3.8) is 0 Å². The van der Waals surface area contributed by atoms with Crippen molar-refractivity contribution in [1.29, 1.82) is 0 Å². The Morgan fingerprint density at radius 3 is 2.20 bits per heavy atom. The fourth-order valence-corrected chi connectivity index (χ4v) is 1.30. The lowest BCUT2D eigenvalue weighted by atomic mass is 10.1. The van der Waals surface area contributed by atoms with E-state index in [1.54, 1.807) is 20.3 Å². The average molecular weight is 209 g/mol. The van der Waals surface area contributed by atoms with E-state index in [1.165, 1.54) is 6.92 Å². The van der Waals surface area contributed by atoms with Crippen molar-refractivity contribution in [2.75, 3.05) is 19.5 Å². The molecule has 0 aromatic heterocycles. The highest BCUT2D eigenvalue weighted by molar-refractivity contribution is 5.90. The van der Waals surface area contributed by atoms with Gasteiger partial charge in [0.05, 0.1) is 14.2 Å². The molecule has 82 valence electrons. The molecule has 0 atom stereocenters. The Hall–Kier alpha value is -1.71. The Balaban J connectivity index is 3.13. The molecule has 0 saturated carbocycles. The second-order valence-electron chi connectivity index (χ2n) is 3.20. The number of carbonyl (C=O) groups is 1. The predicted molar refractivity (Wildman–Crippen MR) is 58.6 cm³/mol. The minimum absolute atomic E-state index is 0.106. The number of aryl methyl sites for hydroxylation is 1. The first-order valence-electron chi connectivity index (χ1n) is 4.58. The molecule has 0 heterocycles. The molecule has 1 rings (SSSR count). The van der Waals surface area contributed by atoms with Crippen LogP contribution >= 0.6 is 0 Å². The Morgan fingerprint density at radius 2 is 1.73 bits per heavy atom. The maximum absolute atomic E-state index is 10.9. The normalized spacial score (nSPS) is 9.60. The number of methoxy groups -OCH3 is 2. The maximum Gasteiger partial charge on any atom is 0.221 e. The molecule has 0 aliphatic carbocycles. The summed E-state index contributed by atoms with van der Waals surface area (Å²) in [5.74, 6) is 1.15. The first-order chi connectivity index (χ1) is 7.08. The standard InChI is InChI=1S/C11H15NO3/c1-7-5-10(14-3)11(15-4)6-9(7)12-8(2)13/h5-6H,1-4H3,(H,12,13). The number of carbonyl (C=O) groups excluding carboxylic acids is 1. The summed E-state index contributed by atoms with van der Waals surface area (Å²) in [4.78, 5) is 10.9. The molecule has 0 saturated heterocycles. The largest absolute Gasteiger partial charge is 0.493 e. The molecule has 0 bridgehead atoms. The number of ether oxygens (including phenoxy) is 2. The van der Waals surface area contributed by atoms with Gasteiger partial charge in [-0.05, 0) is 18.6 Å². The van der Waals surface area contributed by atoms with E-state index in [4.69, 9.17) is 9.47 Å². The minimum atomic E-state index is -0.106. The van der Waals surface area contributed by atoms with Gasteiger partial charge in [-0.25, -0.2) is 0 Å². The van der Waals surface area contributed by atoms with Crippen LogP contribution in [0.15, 0.2) is 12.1 Å². The van der Waals surface area contributed by atoms with Crippen molar-refractivity contribution in [1.82, 2.24) is 0 Å². The van der Waals surface area contributed by atoms with Gasteiger partial charge < -0.3 is 14.8 Å². The molecule has 0 fully saturated rings. The van der Waals surface area contributed by atoms with Crippen LogP contribution in [0.3, 0.4) is 0 Å². The van der Waals surface area contributed by atoms with Crippen LogP contribution in [0.25, 0.3) is 0 Å². The lowest BCUT2D eigenvalue weighted by Gasteiger charge is -2.12. The second kappa shape index (κ2) is 4.68. The van der Waals surface area contributed by atoms with Gasteiger partial charge in [0.15, 0.2) is 11.5 Å². The Labute approximate surface area is 89.2 Å². The van der Waals surface area contributed by atoms with Crippen LogP contribution < -0.4 is 14.8 Å². The van der Waals surface area contributed by atoms with Gasteiger partial charge in [-0.1, -0.05) is 0 Å². The monoisotopic (exact) mass is 209 g/mol. The molecule has 4 heteroatoms. The fraction of sp³-hybridized carbons (Fsp3) is 0.364. The van der Waals surface area contributed by atoms with E-state index in [2.05, 4.69) is 5.32 Å². The van der Waals surface area contributed by atoms with E-state index < -0.39 is 0 Å². The Bertz CT molecular complexity index is 374. The number of nitrogens with one attached hydrogen (secondary N) is 1. The molecule has 1 amide bonds. The summed E-state index contributed by atoms with van der Waals surface area (Å²) in [5, 5.41) is 2.72. The van der Waals surface area contributed by atoms with Crippen molar-refractivity contribution < 1.29 is 14.3 Å². The smallest absolute Gasteiger partial charge is 0.221 e. The number of hydrogen-bond acceptors (Lipinski definition) is 3. The van der Waals surface area contributed by atoms with Gasteiger partial charge >= 0.3 is 0 Å². The zero-order chi connectivity index (χ0) is 11.4. The van der Waals surface area contributed by atoms with E-state index in [9.17, 15) is 4.79 Å². The van der Waals surface area contributed by atoms with Crippen LogP contribution in [-0.4, -0.2) is 20.1 Å². The van der Waals surface area contributed by atoms with Gasteiger partial charge in [0, 0.05) is 18.7 Å². The predicted octanol–water partition coefficient (Wildman–Crippen LogP) is 1.97. The summed E-state index contributed by atoms with van der Waals surface area (Å²) >= 11 is 0. The molecule has 0 aliphatic rings. The van der Waals surface area contributed by atoms with Crippen LogP contribution in [0.5, 0.6) is 11.5 Å². The summed E-state index contributed by atoms with van der Waals surface area (Å²) in [6, 6.07) is 3.57. The van der Waals surface area contributed by atoms with Crippen molar-refractivity contribution in [2.24, 2.45) is 0 Å². The summed E-state index contributed by atoms with van der Waals surface area (Å²) in [5.41, 5.74) is 1.67. The third-order valence-electron chi connectivity index (χ3n) is 2.04.